The van der Waals surface area contributed by atoms with Crippen LogP contribution in [0, 0.1) is 5.41 Å². The van der Waals surface area contributed by atoms with Crippen LogP contribution in [0.3, 0.4) is 0 Å². The topological polar surface area (TPSA) is 79.5 Å². The summed E-state index contributed by atoms with van der Waals surface area (Å²) >= 11 is 0. The molecule has 1 saturated heterocycles. The Hall–Kier alpha value is -0.900. The summed E-state index contributed by atoms with van der Waals surface area (Å²) in [6, 6.07) is 0. The summed E-state index contributed by atoms with van der Waals surface area (Å²) in [6.07, 6.45) is -0.396. The van der Waals surface area contributed by atoms with Crippen molar-refractivity contribution in [3.05, 3.63) is 0 Å². The molecule has 8 heavy (non-hydrogen) atoms. The van der Waals surface area contributed by atoms with E-state index in [9.17, 15) is 4.79 Å². The van der Waals surface area contributed by atoms with Crippen LogP contribution in [-0.4, -0.2) is 24.3 Å². The number of nitrogens with two attached hydrogens (primary N) is 1. The molecule has 1 aliphatic rings. The summed E-state index contributed by atoms with van der Waals surface area (Å²) in [5.74, 6) is -0.808. The number of carbonyl (C=O) groups is 1. The van der Waals surface area contributed by atoms with Crippen LogP contribution in [0.2, 0.25) is 0 Å². The van der Waals surface area contributed by atoms with Gasteiger partial charge in [-0.15, -0.1) is 0 Å². The summed E-state index contributed by atoms with van der Waals surface area (Å²) in [5, 5.41) is 6.62. The van der Waals surface area contributed by atoms with Gasteiger partial charge in [0.25, 0.3) is 0 Å². The molecule has 4 heteroatoms. The molecule has 0 aromatic heterocycles. The number of rotatable bonds is 2. The quantitative estimate of drug-likeness (QED) is 0.271. The zero-order valence-corrected chi connectivity index (χ0v) is 4.18. The Labute approximate surface area is 46.1 Å². The van der Waals surface area contributed by atoms with Crippen molar-refractivity contribution in [2.45, 2.75) is 6.10 Å². The average molecular weight is 114 g/mol. The van der Waals surface area contributed by atoms with Crippen LogP contribution in [0.15, 0.2) is 0 Å². The predicted molar refractivity (Wildman–Crippen MR) is 26.7 cm³/mol. The largest absolute Gasteiger partial charge is 0.381 e. The number of epoxide rings is 1. The molecule has 1 aliphatic heterocycles. The molecule has 1 heterocycles. The lowest BCUT2D eigenvalue weighted by molar-refractivity contribution is -0.114. The third kappa shape index (κ3) is 0.840. The first-order chi connectivity index (χ1) is 3.72. The molecule has 3 N–H and O–H groups in total. The third-order valence-corrected chi connectivity index (χ3v) is 0.891. The number of hydrogen-bond acceptors (Lipinski definition) is 3. The van der Waals surface area contributed by atoms with Gasteiger partial charge in [-0.3, -0.25) is 10.2 Å². The highest BCUT2D eigenvalue weighted by molar-refractivity contribution is 6.39. The van der Waals surface area contributed by atoms with E-state index >= 15 is 0 Å². The highest BCUT2D eigenvalue weighted by Crippen LogP contribution is 2.08. The Morgan fingerprint density at radius 2 is 2.38 bits per heavy atom. The first-order valence-electron chi connectivity index (χ1n) is 2.21. The van der Waals surface area contributed by atoms with Gasteiger partial charge in [-0.2, -0.15) is 0 Å². The Balaban J connectivity index is 2.45. The third-order valence-electron chi connectivity index (χ3n) is 0.891. The van der Waals surface area contributed by atoms with E-state index in [0.717, 1.165) is 0 Å². The number of carbonyl (C=O) groups excluding carboxylic acids is 1. The maximum Gasteiger partial charge on any atom is 0.227 e. The fourth-order valence-electron chi connectivity index (χ4n) is 0.373. The van der Waals surface area contributed by atoms with Gasteiger partial charge in [-0.1, -0.05) is 0 Å². The first-order valence-corrected chi connectivity index (χ1v) is 2.21. The van der Waals surface area contributed by atoms with Crippen LogP contribution in [0.1, 0.15) is 0 Å². The van der Waals surface area contributed by atoms with Crippen molar-refractivity contribution in [3.63, 3.8) is 0 Å². The smallest absolute Gasteiger partial charge is 0.227 e. The molecule has 4 nitrogen and oxygen atoms in total. The molecule has 0 aromatic rings. The van der Waals surface area contributed by atoms with E-state index < -0.39 is 17.7 Å². The lowest BCUT2D eigenvalue weighted by Gasteiger charge is -1.86. The molecule has 0 amide bonds. The van der Waals surface area contributed by atoms with E-state index in [0.29, 0.717) is 6.61 Å². The summed E-state index contributed by atoms with van der Waals surface area (Å²) in [6.45, 7) is 0.429. The van der Waals surface area contributed by atoms with Gasteiger partial charge >= 0.3 is 0 Å². The van der Waals surface area contributed by atoms with Crippen LogP contribution in [-0.2, 0) is 9.53 Å². The number of ketones is 1. The van der Waals surface area contributed by atoms with Gasteiger partial charge in [0.2, 0.25) is 5.78 Å². The van der Waals surface area contributed by atoms with Crippen molar-refractivity contribution in [3.8, 4) is 0 Å². The molecule has 1 fully saturated rings. The Morgan fingerprint density at radius 3 is 2.50 bits per heavy atom. The molecule has 0 spiro atoms. The second-order valence-corrected chi connectivity index (χ2v) is 1.60. The summed E-state index contributed by atoms with van der Waals surface area (Å²) in [4.78, 5) is 10.4. The van der Waals surface area contributed by atoms with E-state index in [1.54, 1.807) is 0 Å². The Bertz CT molecular complexity index is 139. The molecule has 0 aromatic carbocycles. The molecular weight excluding hydrogens is 108 g/mol. The Morgan fingerprint density at radius 1 is 1.88 bits per heavy atom. The Kier molecular flexibility index (Phi) is 1.02. The van der Waals surface area contributed by atoms with Crippen molar-refractivity contribution in [1.29, 1.82) is 5.41 Å². The van der Waals surface area contributed by atoms with E-state index in [1.807, 2.05) is 0 Å². The number of amidine groups is 1. The van der Waals surface area contributed by atoms with Gasteiger partial charge in [0, 0.05) is 0 Å². The maximum absolute atomic E-state index is 10.4. The van der Waals surface area contributed by atoms with E-state index in [-0.39, 0.29) is 0 Å². The number of nitrogens with one attached hydrogen (secondary N) is 1. The molecule has 1 atom stereocenters. The fourth-order valence-corrected chi connectivity index (χ4v) is 0.373. The zero-order chi connectivity index (χ0) is 6.15. The van der Waals surface area contributed by atoms with Gasteiger partial charge in [0.1, 0.15) is 6.10 Å². The van der Waals surface area contributed by atoms with Crippen LogP contribution in [0.5, 0.6) is 0 Å². The van der Waals surface area contributed by atoms with Gasteiger partial charge in [0.15, 0.2) is 5.84 Å². The van der Waals surface area contributed by atoms with Gasteiger partial charge in [-0.05, 0) is 0 Å². The summed E-state index contributed by atoms with van der Waals surface area (Å²) < 4.78 is 4.56. The predicted octanol–water partition coefficient (Wildman–Crippen LogP) is -1.11. The van der Waals surface area contributed by atoms with Crippen molar-refractivity contribution in [2.75, 3.05) is 6.61 Å². The van der Waals surface area contributed by atoms with E-state index in [2.05, 4.69) is 4.74 Å². The molecule has 0 aliphatic carbocycles. The second-order valence-electron chi connectivity index (χ2n) is 1.60. The maximum atomic E-state index is 10.4. The van der Waals surface area contributed by atoms with Crippen molar-refractivity contribution >= 4 is 11.6 Å². The molecule has 0 saturated carbocycles. The van der Waals surface area contributed by atoms with Gasteiger partial charge in [-0.25, -0.2) is 0 Å². The van der Waals surface area contributed by atoms with Crippen LogP contribution >= 0.6 is 0 Å². The molecule has 0 bridgehead atoms. The number of hydrogen-bond donors (Lipinski definition) is 2. The van der Waals surface area contributed by atoms with E-state index in [4.69, 9.17) is 11.1 Å². The van der Waals surface area contributed by atoms with Crippen molar-refractivity contribution < 1.29 is 9.53 Å². The lowest BCUT2D eigenvalue weighted by atomic mass is 10.3. The van der Waals surface area contributed by atoms with Gasteiger partial charge < -0.3 is 10.5 Å². The normalized spacial score (nSPS) is 24.8. The standard InChI is InChI=1S/C4H6N2O2/c5-4(6)3(7)2-1-8-2/h2H,1H2,(H3,5,6). The molecule has 1 unspecified atom stereocenters. The minimum atomic E-state index is -0.410. The minimum absolute atomic E-state index is 0.396. The molecule has 44 valence electrons. The number of ether oxygens (including phenoxy) is 1. The van der Waals surface area contributed by atoms with Gasteiger partial charge in [0.05, 0.1) is 6.61 Å². The lowest BCUT2D eigenvalue weighted by Crippen LogP contribution is -2.26. The SMILES string of the molecule is N=C(N)C(=O)C1CO1. The van der Waals surface area contributed by atoms with Crippen molar-refractivity contribution in [2.24, 2.45) is 5.73 Å². The van der Waals surface area contributed by atoms with Crippen molar-refractivity contribution in [1.82, 2.24) is 0 Å². The highest BCUT2D eigenvalue weighted by atomic mass is 16.6. The van der Waals surface area contributed by atoms with Crippen LogP contribution in [0.4, 0.5) is 0 Å². The zero-order valence-electron chi connectivity index (χ0n) is 4.18. The molecule has 1 rings (SSSR count). The highest BCUT2D eigenvalue weighted by Gasteiger charge is 2.32. The monoisotopic (exact) mass is 114 g/mol. The average Bonchev–Trinajstić information content (AvgIpc) is 2.43. The van der Waals surface area contributed by atoms with E-state index in [1.165, 1.54) is 0 Å². The summed E-state index contributed by atoms with van der Waals surface area (Å²) in [7, 11) is 0. The second kappa shape index (κ2) is 1.56. The molecular formula is C4H6N2O2. The van der Waals surface area contributed by atoms with Crippen LogP contribution < -0.4 is 5.73 Å². The number of Topliss-reactive ketones (excluding diaryl/α,β-unsaturated/α-hetero) is 1. The van der Waals surface area contributed by atoms with Crippen LogP contribution in [0.25, 0.3) is 0 Å². The first kappa shape index (κ1) is 5.24. The fraction of sp³-hybridized carbons (Fsp3) is 0.500. The minimum Gasteiger partial charge on any atom is -0.381 e. The molecule has 0 radical (unpaired) electrons. The summed E-state index contributed by atoms with van der Waals surface area (Å²) in [5.41, 5.74) is 4.83.